The minimum atomic E-state index is -1.31. The van der Waals surface area contributed by atoms with E-state index in [1.807, 2.05) is 30.3 Å². The van der Waals surface area contributed by atoms with Crippen molar-refractivity contribution in [3.63, 3.8) is 0 Å². The van der Waals surface area contributed by atoms with Crippen molar-refractivity contribution in [1.29, 1.82) is 0 Å². The van der Waals surface area contributed by atoms with E-state index in [1.54, 1.807) is 55.1 Å². The van der Waals surface area contributed by atoms with Gasteiger partial charge in [0, 0.05) is 109 Å². The summed E-state index contributed by atoms with van der Waals surface area (Å²) in [5.74, 6) is -7.42. The van der Waals surface area contributed by atoms with Crippen molar-refractivity contribution in [2.75, 3.05) is 96.9 Å². The first kappa shape index (κ1) is 55.4. The molecule has 1 saturated heterocycles. The Labute approximate surface area is 414 Å². The zero-order valence-corrected chi connectivity index (χ0v) is 39.8. The number of anilines is 1. The van der Waals surface area contributed by atoms with Gasteiger partial charge in [-0.15, -0.1) is 0 Å². The third-order valence-corrected chi connectivity index (χ3v) is 12.0. The second-order valence-corrected chi connectivity index (χ2v) is 17.6. The molecule has 0 unspecified atom stereocenters. The molecular formula is C47H63N11O14. The van der Waals surface area contributed by atoms with E-state index < -0.39 is 72.5 Å². The number of benzene rings is 2. The zero-order valence-electron chi connectivity index (χ0n) is 39.8. The molecule has 2 aromatic carbocycles. The fraction of sp³-hybridized carbons (Fsp3) is 0.489. The number of aliphatic carboxylic acids is 5. The second kappa shape index (κ2) is 27.8. The highest BCUT2D eigenvalue weighted by Gasteiger charge is 2.32. The van der Waals surface area contributed by atoms with E-state index in [2.05, 4.69) is 25.9 Å². The Balaban J connectivity index is 1.24. The Morgan fingerprint density at radius 1 is 0.722 bits per heavy atom. The summed E-state index contributed by atoms with van der Waals surface area (Å²) in [5, 5.41) is 56.1. The predicted molar refractivity (Wildman–Crippen MR) is 255 cm³/mol. The first-order chi connectivity index (χ1) is 34.4. The van der Waals surface area contributed by atoms with Crippen LogP contribution in [-0.2, 0) is 58.0 Å². The highest BCUT2D eigenvalue weighted by molar-refractivity contribution is 5.96. The summed E-state index contributed by atoms with van der Waals surface area (Å²) in [7, 11) is 0. The van der Waals surface area contributed by atoms with Crippen molar-refractivity contribution in [3.8, 4) is 0 Å². The maximum atomic E-state index is 14.1. The van der Waals surface area contributed by atoms with Crippen LogP contribution >= 0.6 is 0 Å². The maximum Gasteiger partial charge on any atom is 0.317 e. The first-order valence-corrected chi connectivity index (χ1v) is 23.5. The SMILES string of the molecule is O=C(O)CC[C@H](NC(=O)CN1CCN(CC(=O)O)CCN(CC(=O)O)CCN(CC(=O)O)CC1)C(=O)NCCCN1Cc2cc(C(=O)N(Cc3ccccc3)Cc3ncc[nH]3)ccc2N[C@@H](CC(=O)O)C1=O. The van der Waals surface area contributed by atoms with Crippen LogP contribution in [0.25, 0.3) is 0 Å². The summed E-state index contributed by atoms with van der Waals surface area (Å²) >= 11 is 0. The molecule has 3 aromatic rings. The van der Waals surface area contributed by atoms with Gasteiger partial charge in [0.2, 0.25) is 17.7 Å². The number of nitrogens with one attached hydrogen (secondary N) is 4. The van der Waals surface area contributed by atoms with Crippen LogP contribution in [0, 0.1) is 0 Å². The van der Waals surface area contributed by atoms with Gasteiger partial charge in [0.15, 0.2) is 0 Å². The average Bonchev–Trinajstić information content (AvgIpc) is 3.80. The third-order valence-electron chi connectivity index (χ3n) is 12.0. The monoisotopic (exact) mass is 1010 g/mol. The maximum absolute atomic E-state index is 14.1. The lowest BCUT2D eigenvalue weighted by atomic mass is 10.1. The number of carbonyl (C=O) groups excluding carboxylic acids is 4. The molecule has 0 spiro atoms. The topological polar surface area (TPSA) is 339 Å². The molecule has 2 aliphatic rings. The number of H-pyrrole nitrogens is 1. The van der Waals surface area contributed by atoms with Crippen molar-refractivity contribution in [3.05, 3.63) is 83.4 Å². The van der Waals surface area contributed by atoms with E-state index in [-0.39, 0.29) is 130 Å². The molecule has 1 aromatic heterocycles. The number of aromatic nitrogens is 2. The summed E-state index contributed by atoms with van der Waals surface area (Å²) in [6.45, 7) is 0.261. The van der Waals surface area contributed by atoms with Gasteiger partial charge in [-0.1, -0.05) is 30.3 Å². The summed E-state index contributed by atoms with van der Waals surface area (Å²) in [6, 6.07) is 11.8. The molecule has 3 heterocycles. The minimum absolute atomic E-state index is 0.0116. The van der Waals surface area contributed by atoms with Crippen LogP contribution in [0.5, 0.6) is 0 Å². The Hall–Kier alpha value is -7.48. The molecule has 25 heteroatoms. The third kappa shape index (κ3) is 18.7. The quantitative estimate of drug-likeness (QED) is 0.0495. The minimum Gasteiger partial charge on any atom is -0.481 e. The van der Waals surface area contributed by atoms with Gasteiger partial charge < -0.3 is 56.3 Å². The normalized spacial score (nSPS) is 16.9. The van der Waals surface area contributed by atoms with E-state index in [1.165, 1.54) is 4.90 Å². The fourth-order valence-electron chi connectivity index (χ4n) is 8.37. The fourth-order valence-corrected chi connectivity index (χ4v) is 8.37. The zero-order chi connectivity index (χ0) is 52.2. The number of carboxylic acid groups (broad SMARTS) is 5. The van der Waals surface area contributed by atoms with Gasteiger partial charge in [-0.2, -0.15) is 0 Å². The van der Waals surface area contributed by atoms with E-state index in [0.29, 0.717) is 22.6 Å². The average molecular weight is 1010 g/mol. The number of carbonyl (C=O) groups is 9. The Bertz CT molecular complexity index is 2320. The lowest BCUT2D eigenvalue weighted by Gasteiger charge is -2.33. The summed E-state index contributed by atoms with van der Waals surface area (Å²) in [6.07, 6.45) is 2.09. The number of carboxylic acids is 5. The number of fused-ring (bicyclic) bond motifs is 1. The van der Waals surface area contributed by atoms with Crippen LogP contribution in [0.15, 0.2) is 60.9 Å². The van der Waals surface area contributed by atoms with Gasteiger partial charge in [0.05, 0.1) is 39.1 Å². The van der Waals surface area contributed by atoms with Crippen LogP contribution in [-0.4, -0.2) is 222 Å². The van der Waals surface area contributed by atoms with Gasteiger partial charge in [0.25, 0.3) is 5.91 Å². The van der Waals surface area contributed by atoms with Crippen LogP contribution in [0.3, 0.4) is 0 Å². The predicted octanol–water partition coefficient (Wildman–Crippen LogP) is -0.819. The number of nitrogens with zero attached hydrogens (tertiary/aromatic N) is 7. The molecule has 72 heavy (non-hydrogen) atoms. The molecule has 390 valence electrons. The van der Waals surface area contributed by atoms with Crippen molar-refractivity contribution in [2.24, 2.45) is 0 Å². The summed E-state index contributed by atoms with van der Waals surface area (Å²) < 4.78 is 0. The van der Waals surface area contributed by atoms with Crippen molar-refractivity contribution >= 4 is 59.2 Å². The summed E-state index contributed by atoms with van der Waals surface area (Å²) in [5.41, 5.74) is 2.22. The number of hydrogen-bond donors (Lipinski definition) is 9. The van der Waals surface area contributed by atoms with Gasteiger partial charge in [0.1, 0.15) is 17.9 Å². The Kier molecular flexibility index (Phi) is 21.4. The number of hydrogen-bond acceptors (Lipinski definition) is 15. The molecule has 0 radical (unpaired) electrons. The lowest BCUT2D eigenvalue weighted by molar-refractivity contribution is -0.141. The van der Waals surface area contributed by atoms with Crippen molar-refractivity contribution < 1.29 is 68.7 Å². The van der Waals surface area contributed by atoms with Crippen molar-refractivity contribution in [2.45, 2.75) is 57.4 Å². The molecule has 1 fully saturated rings. The highest BCUT2D eigenvalue weighted by Crippen LogP contribution is 2.27. The van der Waals surface area contributed by atoms with Crippen LogP contribution in [0.2, 0.25) is 0 Å². The smallest absolute Gasteiger partial charge is 0.317 e. The standard InChI is InChI=1S/C47H63N11O14/c59-39(28-53-15-17-54(29-42(64)65)19-21-56(31-44(68)69)22-20-55(18-16-53)30-43(66)67)52-36(9-10-40(60)61)45(70)50-11-4-14-57-26-34-23-33(7-8-35(34)51-37(47(57)72)24-41(62)63)46(71)58(27-38-48-12-13-49-38)25-32-5-2-1-3-6-32/h1-3,5-8,12-13,23,36-37,51H,4,9-11,14-22,24-31H2,(H,48,49)(H,50,70)(H,52,59)(H,60,61)(H,62,63)(H,64,65)(H,66,67)(H,68,69)/t36-,37-/m0/s1. The second-order valence-electron chi connectivity index (χ2n) is 17.6. The molecule has 0 bridgehead atoms. The first-order valence-electron chi connectivity index (χ1n) is 23.5. The molecule has 0 saturated carbocycles. The number of rotatable bonds is 24. The molecule has 5 rings (SSSR count). The molecule has 0 aliphatic carbocycles. The molecule has 2 atom stereocenters. The van der Waals surface area contributed by atoms with Crippen molar-refractivity contribution in [1.82, 2.24) is 50.0 Å². The Morgan fingerprint density at radius 2 is 1.31 bits per heavy atom. The van der Waals surface area contributed by atoms with Crippen LogP contribution < -0.4 is 16.0 Å². The molecule has 9 N–H and O–H groups in total. The summed E-state index contributed by atoms with van der Waals surface area (Å²) in [4.78, 5) is 130. The van der Waals surface area contributed by atoms with Crippen LogP contribution in [0.4, 0.5) is 5.69 Å². The van der Waals surface area contributed by atoms with E-state index in [4.69, 9.17) is 0 Å². The largest absolute Gasteiger partial charge is 0.481 e. The molecule has 2 aliphatic heterocycles. The lowest BCUT2D eigenvalue weighted by Crippen LogP contribution is -2.52. The van der Waals surface area contributed by atoms with Gasteiger partial charge in [-0.3, -0.25) is 62.8 Å². The van der Waals surface area contributed by atoms with Gasteiger partial charge in [-0.25, -0.2) is 4.98 Å². The molecule has 4 amide bonds. The highest BCUT2D eigenvalue weighted by atomic mass is 16.4. The van der Waals surface area contributed by atoms with Gasteiger partial charge in [-0.05, 0) is 42.2 Å². The Morgan fingerprint density at radius 3 is 1.83 bits per heavy atom. The van der Waals surface area contributed by atoms with Gasteiger partial charge >= 0.3 is 29.8 Å². The molecular weight excluding hydrogens is 943 g/mol. The molecule has 25 nitrogen and oxygen atoms in total. The van der Waals surface area contributed by atoms with E-state index in [9.17, 15) is 68.7 Å². The van der Waals surface area contributed by atoms with E-state index in [0.717, 1.165) is 5.56 Å². The number of aromatic amines is 1. The van der Waals surface area contributed by atoms with Crippen LogP contribution in [0.1, 0.15) is 53.0 Å². The number of imidazole rings is 1. The van der Waals surface area contributed by atoms with E-state index >= 15 is 0 Å². The number of amides is 4.